The molecule has 6 nitrogen and oxygen atoms in total. The second-order valence-corrected chi connectivity index (χ2v) is 7.36. The zero-order chi connectivity index (χ0) is 21.8. The number of hydrogen-bond donors (Lipinski definition) is 1. The lowest BCUT2D eigenvalue weighted by atomic mass is 9.77. The molecule has 0 radical (unpaired) electrons. The average molecular weight is 420 g/mol. The van der Waals surface area contributed by atoms with Gasteiger partial charge < -0.3 is 24.1 Å². The number of methoxy groups -OCH3 is 2. The summed E-state index contributed by atoms with van der Waals surface area (Å²) in [5.74, 6) is 0.848. The molecule has 0 bridgehead atoms. The number of carboxylic acid groups (broad SMARTS) is 1. The van der Waals surface area contributed by atoms with Crippen LogP contribution < -0.4 is 18.9 Å². The van der Waals surface area contributed by atoms with E-state index in [2.05, 4.69) is 0 Å². The van der Waals surface area contributed by atoms with E-state index in [1.807, 2.05) is 66.7 Å². The first-order valence-electron chi connectivity index (χ1n) is 9.98. The predicted molar refractivity (Wildman–Crippen MR) is 115 cm³/mol. The van der Waals surface area contributed by atoms with Gasteiger partial charge in [0.05, 0.1) is 20.1 Å². The quantitative estimate of drug-likeness (QED) is 0.578. The number of ether oxygens (including phenoxy) is 4. The van der Waals surface area contributed by atoms with Crippen molar-refractivity contribution in [3.8, 4) is 23.0 Å². The van der Waals surface area contributed by atoms with E-state index in [1.165, 1.54) is 0 Å². The minimum Gasteiger partial charge on any atom is -0.497 e. The van der Waals surface area contributed by atoms with E-state index < -0.39 is 11.9 Å². The van der Waals surface area contributed by atoms with Gasteiger partial charge in [-0.1, -0.05) is 30.3 Å². The van der Waals surface area contributed by atoms with Gasteiger partial charge in [-0.3, -0.25) is 4.79 Å². The summed E-state index contributed by atoms with van der Waals surface area (Å²) in [4.78, 5) is 12.5. The highest BCUT2D eigenvalue weighted by molar-refractivity contribution is 5.73. The first kappa shape index (κ1) is 20.6. The van der Waals surface area contributed by atoms with Crippen LogP contribution in [0.15, 0.2) is 66.7 Å². The molecule has 0 saturated heterocycles. The Morgan fingerprint density at radius 1 is 0.871 bits per heavy atom. The number of rotatable bonds is 8. The molecule has 0 aliphatic carbocycles. The second kappa shape index (κ2) is 9.00. The third-order valence-electron chi connectivity index (χ3n) is 5.56. The van der Waals surface area contributed by atoms with Gasteiger partial charge in [0.25, 0.3) is 0 Å². The molecule has 0 spiro atoms. The van der Waals surface area contributed by atoms with Crippen molar-refractivity contribution in [1.29, 1.82) is 0 Å². The number of hydrogen-bond acceptors (Lipinski definition) is 5. The molecular weight excluding hydrogens is 396 g/mol. The molecule has 1 heterocycles. The Labute approximate surface area is 181 Å². The summed E-state index contributed by atoms with van der Waals surface area (Å²) in [6.45, 7) is 0.182. The van der Waals surface area contributed by atoms with Crippen LogP contribution >= 0.6 is 0 Å². The number of carboxylic acids is 1. The maximum absolute atomic E-state index is 12.5. The fraction of sp³-hybridized carbons (Fsp3) is 0.240. The number of aliphatic carboxylic acids is 1. The molecule has 1 N–H and O–H groups in total. The standard InChI is InChI=1S/C25H24O6/c1-28-19-8-4-17(5-9-19)24(18-6-10-20(29-2)11-7-18)21(25(26)27)13-16-3-12-22-23(14-16)31-15-30-22/h3-12,14,21,24H,13,15H2,1-2H3,(H,26,27)/t21-/m1/s1. The molecule has 1 aliphatic rings. The smallest absolute Gasteiger partial charge is 0.307 e. The lowest BCUT2D eigenvalue weighted by Gasteiger charge is -2.26. The van der Waals surface area contributed by atoms with E-state index in [1.54, 1.807) is 14.2 Å². The van der Waals surface area contributed by atoms with Crippen molar-refractivity contribution in [2.45, 2.75) is 12.3 Å². The highest BCUT2D eigenvalue weighted by Gasteiger charge is 2.32. The van der Waals surface area contributed by atoms with Gasteiger partial charge in [0.1, 0.15) is 11.5 Å². The fourth-order valence-electron chi connectivity index (χ4n) is 3.95. The Bertz CT molecular complexity index is 995. The molecule has 3 aromatic rings. The Balaban J connectivity index is 1.73. The van der Waals surface area contributed by atoms with Crippen molar-refractivity contribution >= 4 is 5.97 Å². The molecule has 0 amide bonds. The Morgan fingerprint density at radius 2 is 1.42 bits per heavy atom. The molecule has 4 rings (SSSR count). The van der Waals surface area contributed by atoms with Crippen LogP contribution in [0.4, 0.5) is 0 Å². The van der Waals surface area contributed by atoms with Crippen LogP contribution in [0, 0.1) is 5.92 Å². The van der Waals surface area contributed by atoms with Gasteiger partial charge in [0.15, 0.2) is 11.5 Å². The first-order valence-corrected chi connectivity index (χ1v) is 9.98. The van der Waals surface area contributed by atoms with Crippen LogP contribution in [-0.2, 0) is 11.2 Å². The summed E-state index contributed by atoms with van der Waals surface area (Å²) >= 11 is 0. The van der Waals surface area contributed by atoms with Crippen LogP contribution in [0.3, 0.4) is 0 Å². The van der Waals surface area contributed by atoms with E-state index in [-0.39, 0.29) is 12.7 Å². The number of fused-ring (bicyclic) bond motifs is 1. The molecule has 1 aliphatic heterocycles. The van der Waals surface area contributed by atoms with Crippen LogP contribution in [0.2, 0.25) is 0 Å². The topological polar surface area (TPSA) is 74.2 Å². The Morgan fingerprint density at radius 3 is 1.94 bits per heavy atom. The van der Waals surface area contributed by atoms with Crippen molar-refractivity contribution < 1.29 is 28.8 Å². The van der Waals surface area contributed by atoms with Gasteiger partial charge in [0.2, 0.25) is 6.79 Å². The van der Waals surface area contributed by atoms with E-state index in [0.717, 1.165) is 28.2 Å². The fourth-order valence-corrected chi connectivity index (χ4v) is 3.95. The maximum Gasteiger partial charge on any atom is 0.307 e. The minimum atomic E-state index is -0.866. The lowest BCUT2D eigenvalue weighted by Crippen LogP contribution is -2.25. The van der Waals surface area contributed by atoms with Gasteiger partial charge in [0, 0.05) is 5.92 Å². The van der Waals surface area contributed by atoms with Crippen molar-refractivity contribution in [3.05, 3.63) is 83.4 Å². The van der Waals surface area contributed by atoms with E-state index in [9.17, 15) is 9.90 Å². The minimum absolute atomic E-state index is 0.182. The van der Waals surface area contributed by atoms with E-state index in [0.29, 0.717) is 17.9 Å². The predicted octanol–water partition coefficient (Wildman–Crippen LogP) is 4.51. The van der Waals surface area contributed by atoms with E-state index in [4.69, 9.17) is 18.9 Å². The van der Waals surface area contributed by atoms with Crippen molar-refractivity contribution in [2.75, 3.05) is 21.0 Å². The van der Waals surface area contributed by atoms with Crippen molar-refractivity contribution in [3.63, 3.8) is 0 Å². The molecule has 160 valence electrons. The van der Waals surface area contributed by atoms with Crippen LogP contribution in [0.1, 0.15) is 22.6 Å². The summed E-state index contributed by atoms with van der Waals surface area (Å²) in [6, 6.07) is 20.7. The summed E-state index contributed by atoms with van der Waals surface area (Å²) in [6.07, 6.45) is 0.342. The van der Waals surface area contributed by atoms with Gasteiger partial charge >= 0.3 is 5.97 Å². The zero-order valence-electron chi connectivity index (χ0n) is 17.4. The second-order valence-electron chi connectivity index (χ2n) is 7.36. The van der Waals surface area contributed by atoms with Crippen molar-refractivity contribution in [2.24, 2.45) is 5.92 Å². The molecule has 6 heteroatoms. The number of carbonyl (C=O) groups is 1. The molecule has 0 saturated carbocycles. The molecule has 31 heavy (non-hydrogen) atoms. The van der Waals surface area contributed by atoms with Gasteiger partial charge in [-0.2, -0.15) is 0 Å². The average Bonchev–Trinajstić information content (AvgIpc) is 3.27. The van der Waals surface area contributed by atoms with Crippen LogP contribution in [-0.4, -0.2) is 32.1 Å². The third kappa shape index (κ3) is 4.43. The first-order chi connectivity index (χ1) is 15.1. The SMILES string of the molecule is COc1ccc(C(c2ccc(OC)cc2)[C@@H](Cc2ccc3c(c2)OCO3)C(=O)O)cc1. The Hall–Kier alpha value is -3.67. The zero-order valence-corrected chi connectivity index (χ0v) is 17.4. The van der Waals surface area contributed by atoms with E-state index >= 15 is 0 Å². The van der Waals surface area contributed by atoms with Gasteiger partial charge in [-0.05, 0) is 59.5 Å². The highest BCUT2D eigenvalue weighted by Crippen LogP contribution is 2.38. The largest absolute Gasteiger partial charge is 0.497 e. The lowest BCUT2D eigenvalue weighted by molar-refractivity contribution is -0.142. The van der Waals surface area contributed by atoms with Crippen LogP contribution in [0.5, 0.6) is 23.0 Å². The molecule has 3 aromatic carbocycles. The molecule has 1 atom stereocenters. The molecule has 0 fully saturated rings. The van der Waals surface area contributed by atoms with Gasteiger partial charge in [-0.25, -0.2) is 0 Å². The summed E-state index contributed by atoms with van der Waals surface area (Å²) in [5, 5.41) is 10.2. The number of benzene rings is 3. The van der Waals surface area contributed by atoms with Crippen molar-refractivity contribution in [1.82, 2.24) is 0 Å². The molecule has 0 aromatic heterocycles. The van der Waals surface area contributed by atoms with Crippen LogP contribution in [0.25, 0.3) is 0 Å². The highest BCUT2D eigenvalue weighted by atomic mass is 16.7. The van der Waals surface area contributed by atoms with Gasteiger partial charge in [-0.15, -0.1) is 0 Å². The molecular formula is C25H24O6. The third-order valence-corrected chi connectivity index (χ3v) is 5.56. The normalized spacial score (nSPS) is 13.1. The monoisotopic (exact) mass is 420 g/mol. The maximum atomic E-state index is 12.5. The summed E-state index contributed by atoms with van der Waals surface area (Å²) < 4.78 is 21.4. The summed E-state index contributed by atoms with van der Waals surface area (Å²) in [7, 11) is 3.21. The molecule has 0 unspecified atom stereocenters. The summed E-state index contributed by atoms with van der Waals surface area (Å²) in [5.41, 5.74) is 2.68. The Kier molecular flexibility index (Phi) is 5.98.